The van der Waals surface area contributed by atoms with E-state index in [2.05, 4.69) is 20.9 Å². The summed E-state index contributed by atoms with van der Waals surface area (Å²) in [7, 11) is -3.84. The van der Waals surface area contributed by atoms with Crippen LogP contribution in [-0.2, 0) is 16.2 Å². The first-order chi connectivity index (χ1) is 12.6. The monoisotopic (exact) mass is 464 g/mol. The van der Waals surface area contributed by atoms with Crippen molar-refractivity contribution in [1.82, 2.24) is 9.29 Å². The quantitative estimate of drug-likeness (QED) is 0.755. The summed E-state index contributed by atoms with van der Waals surface area (Å²) >= 11 is 3.17. The number of nitrogens with zero attached hydrogens (tertiary/aromatic N) is 3. The summed E-state index contributed by atoms with van der Waals surface area (Å²) in [6.45, 7) is 0.790. The van der Waals surface area contributed by atoms with Crippen molar-refractivity contribution in [2.24, 2.45) is 0 Å². The van der Waals surface area contributed by atoms with Crippen LogP contribution in [0.25, 0.3) is 0 Å². The fraction of sp³-hybridized carbons (Fsp3) is 0.312. The summed E-state index contributed by atoms with van der Waals surface area (Å²) in [5.41, 5.74) is 5.38. The van der Waals surface area contributed by atoms with Crippen LogP contribution >= 0.6 is 15.9 Å². The van der Waals surface area contributed by atoms with Crippen LogP contribution in [0.5, 0.6) is 0 Å². The van der Waals surface area contributed by atoms with Gasteiger partial charge in [-0.2, -0.15) is 17.5 Å². The molecular weight excluding hydrogens is 449 g/mol. The largest absolute Gasteiger partial charge is 0.416 e. The molecule has 0 radical (unpaired) electrons. The fourth-order valence-corrected chi connectivity index (χ4v) is 4.84. The van der Waals surface area contributed by atoms with Gasteiger partial charge in [0.25, 0.3) is 0 Å². The Balaban J connectivity index is 1.77. The zero-order valence-corrected chi connectivity index (χ0v) is 16.4. The highest BCUT2D eigenvalue weighted by molar-refractivity contribution is 9.10. The number of anilines is 2. The predicted molar refractivity (Wildman–Crippen MR) is 98.8 cm³/mol. The fourth-order valence-electron chi connectivity index (χ4n) is 2.84. The van der Waals surface area contributed by atoms with Crippen LogP contribution in [0.15, 0.2) is 45.9 Å². The lowest BCUT2D eigenvalue weighted by atomic mass is 10.1. The lowest BCUT2D eigenvalue weighted by molar-refractivity contribution is -0.137. The highest BCUT2D eigenvalue weighted by atomic mass is 79.9. The van der Waals surface area contributed by atoms with E-state index in [9.17, 15) is 21.6 Å². The molecule has 11 heteroatoms. The number of nitrogen functional groups attached to an aromatic ring is 1. The van der Waals surface area contributed by atoms with Crippen LogP contribution in [0, 0.1) is 0 Å². The van der Waals surface area contributed by atoms with Crippen molar-refractivity contribution < 1.29 is 21.6 Å². The van der Waals surface area contributed by atoms with Gasteiger partial charge in [0.05, 0.1) is 5.56 Å². The third-order valence-corrected chi connectivity index (χ3v) is 6.60. The SMILES string of the molecule is Nc1ncc(Br)cc1S(=O)(=O)N1CCN(c2cccc(C(F)(F)F)c2)CC1. The second-order valence-electron chi connectivity index (χ2n) is 5.98. The van der Waals surface area contributed by atoms with Crippen molar-refractivity contribution in [3.8, 4) is 0 Å². The van der Waals surface area contributed by atoms with Gasteiger partial charge in [0.1, 0.15) is 10.7 Å². The van der Waals surface area contributed by atoms with Gasteiger partial charge in [0, 0.05) is 42.5 Å². The van der Waals surface area contributed by atoms with E-state index < -0.39 is 21.8 Å². The summed E-state index contributed by atoms with van der Waals surface area (Å²) < 4.78 is 66.0. The number of rotatable bonds is 3. The summed E-state index contributed by atoms with van der Waals surface area (Å²) in [6, 6.07) is 6.38. The molecule has 0 aliphatic carbocycles. The van der Waals surface area contributed by atoms with E-state index in [1.165, 1.54) is 22.6 Å². The molecule has 1 saturated heterocycles. The first-order valence-electron chi connectivity index (χ1n) is 7.92. The van der Waals surface area contributed by atoms with Gasteiger partial charge in [-0.25, -0.2) is 13.4 Å². The lowest BCUT2D eigenvalue weighted by Crippen LogP contribution is -2.48. The highest BCUT2D eigenvalue weighted by Gasteiger charge is 2.33. The Hall–Kier alpha value is -1.85. The lowest BCUT2D eigenvalue weighted by Gasteiger charge is -2.35. The molecule has 0 amide bonds. The first-order valence-corrected chi connectivity index (χ1v) is 10.2. The first kappa shape index (κ1) is 19.9. The average molecular weight is 465 g/mol. The summed E-state index contributed by atoms with van der Waals surface area (Å²) in [4.78, 5) is 5.48. The van der Waals surface area contributed by atoms with Crippen LogP contribution in [0.1, 0.15) is 5.56 Å². The van der Waals surface area contributed by atoms with Crippen LogP contribution in [0.3, 0.4) is 0 Å². The summed E-state index contributed by atoms with van der Waals surface area (Å²) in [6.07, 6.45) is -3.02. The van der Waals surface area contributed by atoms with Gasteiger partial charge in [-0.05, 0) is 40.2 Å². The van der Waals surface area contributed by atoms with Crippen LogP contribution < -0.4 is 10.6 Å². The molecule has 1 fully saturated rings. The zero-order chi connectivity index (χ0) is 19.8. The molecule has 1 aliphatic heterocycles. The van der Waals surface area contributed by atoms with Crippen molar-refractivity contribution in [1.29, 1.82) is 0 Å². The van der Waals surface area contributed by atoms with Crippen molar-refractivity contribution in [2.75, 3.05) is 36.8 Å². The maximum Gasteiger partial charge on any atom is 0.416 e. The van der Waals surface area contributed by atoms with E-state index in [0.29, 0.717) is 10.2 Å². The van der Waals surface area contributed by atoms with E-state index in [1.807, 2.05) is 0 Å². The number of halogens is 4. The topological polar surface area (TPSA) is 79.5 Å². The maximum atomic E-state index is 12.9. The Labute approximate surface area is 163 Å². The molecule has 0 spiro atoms. The number of hydrogen-bond acceptors (Lipinski definition) is 5. The Morgan fingerprint density at radius 2 is 1.78 bits per heavy atom. The molecule has 6 nitrogen and oxygen atoms in total. The maximum absolute atomic E-state index is 12.9. The molecule has 0 saturated carbocycles. The van der Waals surface area contributed by atoms with Gasteiger partial charge < -0.3 is 10.6 Å². The van der Waals surface area contributed by atoms with Crippen LogP contribution in [-0.4, -0.2) is 43.9 Å². The van der Waals surface area contributed by atoms with Gasteiger partial charge in [0.15, 0.2) is 0 Å². The molecule has 0 unspecified atom stereocenters. The summed E-state index contributed by atoms with van der Waals surface area (Å²) in [5, 5.41) is 0. The molecule has 1 aromatic carbocycles. The number of piperazine rings is 1. The number of alkyl halides is 3. The third kappa shape index (κ3) is 4.19. The van der Waals surface area contributed by atoms with E-state index in [-0.39, 0.29) is 36.9 Å². The van der Waals surface area contributed by atoms with Crippen LogP contribution in [0.2, 0.25) is 0 Å². The second kappa shape index (κ2) is 7.28. The number of pyridine rings is 1. The van der Waals surface area contributed by atoms with Crippen molar-refractivity contribution in [3.05, 3.63) is 46.6 Å². The Kier molecular flexibility index (Phi) is 5.37. The zero-order valence-electron chi connectivity index (χ0n) is 13.9. The predicted octanol–water partition coefficient (Wildman–Crippen LogP) is 2.96. The van der Waals surface area contributed by atoms with Crippen molar-refractivity contribution >= 4 is 37.5 Å². The van der Waals surface area contributed by atoms with Gasteiger partial charge in [0.2, 0.25) is 10.0 Å². The molecule has 3 rings (SSSR count). The molecule has 1 aliphatic rings. The number of nitrogens with two attached hydrogens (primary N) is 1. The molecular formula is C16H16BrF3N4O2S. The molecule has 1 aromatic heterocycles. The smallest absolute Gasteiger partial charge is 0.383 e. The second-order valence-corrected chi connectivity index (χ2v) is 8.80. The molecule has 0 bridgehead atoms. The minimum Gasteiger partial charge on any atom is -0.383 e. The normalized spacial score (nSPS) is 16.5. The van der Waals surface area contributed by atoms with Gasteiger partial charge in [-0.1, -0.05) is 6.07 Å². The molecule has 2 aromatic rings. The highest BCUT2D eigenvalue weighted by Crippen LogP contribution is 2.32. The molecule has 2 N–H and O–H groups in total. The van der Waals surface area contributed by atoms with E-state index >= 15 is 0 Å². The molecule has 2 heterocycles. The molecule has 146 valence electrons. The Morgan fingerprint density at radius 1 is 1.11 bits per heavy atom. The van der Waals surface area contributed by atoms with E-state index in [0.717, 1.165) is 12.1 Å². The van der Waals surface area contributed by atoms with Gasteiger partial charge >= 0.3 is 6.18 Å². The van der Waals surface area contributed by atoms with Crippen molar-refractivity contribution in [3.63, 3.8) is 0 Å². The summed E-state index contributed by atoms with van der Waals surface area (Å²) in [5.74, 6) is -0.0986. The van der Waals surface area contributed by atoms with E-state index in [4.69, 9.17) is 5.73 Å². The molecule has 0 atom stereocenters. The number of sulfonamides is 1. The third-order valence-electron chi connectivity index (χ3n) is 4.24. The number of aromatic nitrogens is 1. The minimum atomic E-state index is -4.42. The van der Waals surface area contributed by atoms with Crippen LogP contribution in [0.4, 0.5) is 24.7 Å². The Morgan fingerprint density at radius 3 is 2.41 bits per heavy atom. The number of benzene rings is 1. The standard InChI is InChI=1S/C16H16BrF3N4O2S/c17-12-9-14(15(21)22-10-12)27(25,26)24-6-4-23(5-7-24)13-3-1-2-11(8-13)16(18,19)20/h1-3,8-10H,4-7H2,(H2,21,22). The van der Waals surface area contributed by atoms with Crippen molar-refractivity contribution in [2.45, 2.75) is 11.1 Å². The molecule has 27 heavy (non-hydrogen) atoms. The average Bonchev–Trinajstić information content (AvgIpc) is 2.63. The number of hydrogen-bond donors (Lipinski definition) is 1. The minimum absolute atomic E-state index is 0.0932. The van der Waals surface area contributed by atoms with Gasteiger partial charge in [-0.15, -0.1) is 0 Å². The Bertz CT molecular complexity index is 945. The van der Waals surface area contributed by atoms with E-state index in [1.54, 1.807) is 11.0 Å². The van der Waals surface area contributed by atoms with Gasteiger partial charge in [-0.3, -0.25) is 0 Å².